The minimum atomic E-state index is 0.519. The molecular formula is C15H17NO2. The van der Waals surface area contributed by atoms with Crippen LogP contribution in [0.3, 0.4) is 0 Å². The highest BCUT2D eigenvalue weighted by Crippen LogP contribution is 2.17. The molecule has 18 heavy (non-hydrogen) atoms. The van der Waals surface area contributed by atoms with Crippen molar-refractivity contribution < 1.29 is 9.47 Å². The van der Waals surface area contributed by atoms with Crippen molar-refractivity contribution in [1.29, 1.82) is 0 Å². The summed E-state index contributed by atoms with van der Waals surface area (Å²) >= 11 is 0. The van der Waals surface area contributed by atoms with E-state index in [-0.39, 0.29) is 0 Å². The van der Waals surface area contributed by atoms with Crippen LogP contribution in [0.1, 0.15) is 11.1 Å². The molecule has 0 heterocycles. The minimum Gasteiger partial charge on any atom is -0.497 e. The van der Waals surface area contributed by atoms with Crippen LogP contribution in [0.25, 0.3) is 0 Å². The van der Waals surface area contributed by atoms with Crippen LogP contribution in [-0.4, -0.2) is 7.11 Å². The van der Waals surface area contributed by atoms with Crippen molar-refractivity contribution in [2.75, 3.05) is 7.11 Å². The van der Waals surface area contributed by atoms with Crippen molar-refractivity contribution >= 4 is 0 Å². The second-order valence-corrected chi connectivity index (χ2v) is 3.99. The van der Waals surface area contributed by atoms with E-state index in [1.54, 1.807) is 7.11 Å². The molecule has 0 aliphatic rings. The second-order valence-electron chi connectivity index (χ2n) is 3.99. The molecule has 3 heteroatoms. The molecule has 0 saturated carbocycles. The van der Waals surface area contributed by atoms with Gasteiger partial charge in [-0.3, -0.25) is 0 Å². The summed E-state index contributed by atoms with van der Waals surface area (Å²) in [5.74, 6) is 1.67. The van der Waals surface area contributed by atoms with Crippen molar-refractivity contribution in [3.63, 3.8) is 0 Å². The SMILES string of the molecule is COc1cccc(COc2cccc(CN)c2)c1. The van der Waals surface area contributed by atoms with Crippen LogP contribution in [0.5, 0.6) is 11.5 Å². The monoisotopic (exact) mass is 243 g/mol. The maximum Gasteiger partial charge on any atom is 0.120 e. The standard InChI is InChI=1S/C15H17NO2/c1-17-14-6-3-5-13(9-14)11-18-15-7-2-4-12(8-15)10-16/h2-9H,10-11,16H2,1H3. The van der Waals surface area contributed by atoms with E-state index in [1.165, 1.54) is 0 Å². The summed E-state index contributed by atoms with van der Waals surface area (Å²) in [6.07, 6.45) is 0. The maximum absolute atomic E-state index is 5.72. The zero-order valence-corrected chi connectivity index (χ0v) is 10.4. The zero-order chi connectivity index (χ0) is 12.8. The average molecular weight is 243 g/mol. The lowest BCUT2D eigenvalue weighted by Gasteiger charge is -2.08. The smallest absolute Gasteiger partial charge is 0.120 e. The Labute approximate surface area is 107 Å². The Morgan fingerprint density at radius 3 is 2.33 bits per heavy atom. The molecule has 0 saturated heterocycles. The fourth-order valence-corrected chi connectivity index (χ4v) is 1.69. The molecule has 0 aromatic heterocycles. The molecule has 2 aromatic rings. The fourth-order valence-electron chi connectivity index (χ4n) is 1.69. The minimum absolute atomic E-state index is 0.519. The molecule has 0 radical (unpaired) electrons. The fraction of sp³-hybridized carbons (Fsp3) is 0.200. The Balaban J connectivity index is 2.01. The van der Waals surface area contributed by atoms with E-state index >= 15 is 0 Å². The predicted octanol–water partition coefficient (Wildman–Crippen LogP) is 2.73. The van der Waals surface area contributed by atoms with Gasteiger partial charge in [0, 0.05) is 6.54 Å². The molecule has 0 amide bonds. The molecule has 0 aliphatic heterocycles. The first-order valence-corrected chi connectivity index (χ1v) is 5.86. The van der Waals surface area contributed by atoms with Crippen molar-refractivity contribution in [2.45, 2.75) is 13.2 Å². The van der Waals surface area contributed by atoms with E-state index in [0.29, 0.717) is 13.2 Å². The number of rotatable bonds is 5. The molecule has 94 valence electrons. The number of ether oxygens (including phenoxy) is 2. The van der Waals surface area contributed by atoms with Crippen molar-refractivity contribution in [3.05, 3.63) is 59.7 Å². The van der Waals surface area contributed by atoms with Gasteiger partial charge >= 0.3 is 0 Å². The van der Waals surface area contributed by atoms with Gasteiger partial charge in [0.1, 0.15) is 18.1 Å². The Hall–Kier alpha value is -2.00. The topological polar surface area (TPSA) is 44.5 Å². The Kier molecular flexibility index (Phi) is 4.20. The summed E-state index contributed by atoms with van der Waals surface area (Å²) in [6.45, 7) is 1.04. The summed E-state index contributed by atoms with van der Waals surface area (Å²) in [6, 6.07) is 15.7. The number of hydrogen-bond acceptors (Lipinski definition) is 3. The zero-order valence-electron chi connectivity index (χ0n) is 10.4. The van der Waals surface area contributed by atoms with Gasteiger partial charge in [-0.1, -0.05) is 24.3 Å². The van der Waals surface area contributed by atoms with Crippen molar-refractivity contribution in [1.82, 2.24) is 0 Å². The number of benzene rings is 2. The molecule has 2 rings (SSSR count). The third kappa shape index (κ3) is 3.25. The van der Waals surface area contributed by atoms with Gasteiger partial charge in [-0.05, 0) is 35.4 Å². The molecule has 0 spiro atoms. The first-order valence-electron chi connectivity index (χ1n) is 5.86. The lowest BCUT2D eigenvalue weighted by atomic mass is 10.2. The normalized spacial score (nSPS) is 10.1. The molecule has 0 aliphatic carbocycles. The number of methoxy groups -OCH3 is 1. The van der Waals surface area contributed by atoms with E-state index < -0.39 is 0 Å². The Bertz CT molecular complexity index is 464. The molecular weight excluding hydrogens is 226 g/mol. The van der Waals surface area contributed by atoms with Crippen LogP contribution < -0.4 is 15.2 Å². The molecule has 0 atom stereocenters. The highest BCUT2D eigenvalue weighted by atomic mass is 16.5. The lowest BCUT2D eigenvalue weighted by molar-refractivity contribution is 0.305. The average Bonchev–Trinajstić information content (AvgIpc) is 2.45. The van der Waals surface area contributed by atoms with Gasteiger partial charge < -0.3 is 15.2 Å². The van der Waals surface area contributed by atoms with E-state index in [4.69, 9.17) is 15.2 Å². The number of hydrogen-bond donors (Lipinski definition) is 1. The van der Waals surface area contributed by atoms with Crippen LogP contribution in [-0.2, 0) is 13.2 Å². The van der Waals surface area contributed by atoms with Crippen LogP contribution in [0.2, 0.25) is 0 Å². The highest BCUT2D eigenvalue weighted by Gasteiger charge is 1.99. The van der Waals surface area contributed by atoms with Crippen molar-refractivity contribution in [2.24, 2.45) is 5.73 Å². The molecule has 2 aromatic carbocycles. The van der Waals surface area contributed by atoms with Gasteiger partial charge in [0.25, 0.3) is 0 Å². The van der Waals surface area contributed by atoms with Crippen LogP contribution in [0.15, 0.2) is 48.5 Å². The molecule has 0 fully saturated rings. The molecule has 2 N–H and O–H groups in total. The summed E-state index contributed by atoms with van der Waals surface area (Å²) in [5.41, 5.74) is 7.74. The van der Waals surface area contributed by atoms with Gasteiger partial charge in [0.2, 0.25) is 0 Å². The van der Waals surface area contributed by atoms with E-state index in [0.717, 1.165) is 22.6 Å². The molecule has 0 bridgehead atoms. The summed E-state index contributed by atoms with van der Waals surface area (Å²) < 4.78 is 10.9. The van der Waals surface area contributed by atoms with Gasteiger partial charge in [-0.15, -0.1) is 0 Å². The Morgan fingerprint density at radius 2 is 1.61 bits per heavy atom. The number of nitrogens with two attached hydrogens (primary N) is 1. The van der Waals surface area contributed by atoms with E-state index in [9.17, 15) is 0 Å². The second kappa shape index (κ2) is 6.07. The largest absolute Gasteiger partial charge is 0.497 e. The summed E-state index contributed by atoms with van der Waals surface area (Å²) in [4.78, 5) is 0. The quantitative estimate of drug-likeness (QED) is 0.878. The van der Waals surface area contributed by atoms with Gasteiger partial charge in [0.05, 0.1) is 7.11 Å². The summed E-state index contributed by atoms with van der Waals surface area (Å²) in [5, 5.41) is 0. The maximum atomic E-state index is 5.72. The third-order valence-electron chi connectivity index (χ3n) is 2.67. The lowest BCUT2D eigenvalue weighted by Crippen LogP contribution is -1.99. The van der Waals surface area contributed by atoms with Crippen LogP contribution in [0.4, 0.5) is 0 Å². The first kappa shape index (κ1) is 12.5. The van der Waals surface area contributed by atoms with Gasteiger partial charge in [-0.2, -0.15) is 0 Å². The van der Waals surface area contributed by atoms with Gasteiger partial charge in [0.15, 0.2) is 0 Å². The Morgan fingerprint density at radius 1 is 0.944 bits per heavy atom. The van der Waals surface area contributed by atoms with E-state index in [1.807, 2.05) is 48.5 Å². The van der Waals surface area contributed by atoms with Crippen LogP contribution >= 0.6 is 0 Å². The molecule has 0 unspecified atom stereocenters. The highest BCUT2D eigenvalue weighted by molar-refractivity contribution is 5.30. The van der Waals surface area contributed by atoms with Crippen molar-refractivity contribution in [3.8, 4) is 11.5 Å². The molecule has 3 nitrogen and oxygen atoms in total. The third-order valence-corrected chi connectivity index (χ3v) is 2.67. The predicted molar refractivity (Wildman–Crippen MR) is 71.7 cm³/mol. The van der Waals surface area contributed by atoms with Crippen LogP contribution in [0, 0.1) is 0 Å². The summed E-state index contributed by atoms with van der Waals surface area (Å²) in [7, 11) is 1.66. The van der Waals surface area contributed by atoms with Gasteiger partial charge in [-0.25, -0.2) is 0 Å². The first-order chi connectivity index (χ1) is 8.81. The van der Waals surface area contributed by atoms with E-state index in [2.05, 4.69) is 0 Å².